The molecule has 2 aliphatic rings. The van der Waals surface area contributed by atoms with Crippen molar-refractivity contribution in [3.63, 3.8) is 0 Å². The fourth-order valence-corrected chi connectivity index (χ4v) is 3.39. The van der Waals surface area contributed by atoms with Crippen LogP contribution < -0.4 is 4.90 Å². The van der Waals surface area contributed by atoms with Gasteiger partial charge in [-0.05, 0) is 45.6 Å². The minimum Gasteiger partial charge on any atom is -0.330 e. The van der Waals surface area contributed by atoms with Crippen LogP contribution in [0.1, 0.15) is 64.2 Å². The van der Waals surface area contributed by atoms with Crippen LogP contribution in [-0.4, -0.2) is 21.0 Å². The molecule has 4 heteroatoms. The lowest BCUT2D eigenvalue weighted by Crippen LogP contribution is -2.33. The summed E-state index contributed by atoms with van der Waals surface area (Å²) in [6.07, 6.45) is 8.97. The second kappa shape index (κ2) is 8.22. The zero-order chi connectivity index (χ0) is 17.7. The Morgan fingerprint density at radius 3 is 2.50 bits per heavy atom. The van der Waals surface area contributed by atoms with Crippen molar-refractivity contribution in [1.82, 2.24) is 15.0 Å². The van der Waals surface area contributed by atoms with Crippen LogP contribution in [0.15, 0.2) is 18.3 Å². The van der Waals surface area contributed by atoms with Crippen LogP contribution in [0, 0.1) is 13.8 Å². The predicted octanol–water partition coefficient (Wildman–Crippen LogP) is 5.12. The molecule has 130 valence electrons. The fraction of sp³-hybridized carbons (Fsp3) is 0.550. The first-order chi connectivity index (χ1) is 11.7. The summed E-state index contributed by atoms with van der Waals surface area (Å²) in [7, 11) is 0. The van der Waals surface area contributed by atoms with Crippen molar-refractivity contribution in [3.05, 3.63) is 35.6 Å². The van der Waals surface area contributed by atoms with E-state index in [2.05, 4.69) is 28.2 Å². The highest BCUT2D eigenvalue weighted by molar-refractivity contribution is 5.93. The van der Waals surface area contributed by atoms with E-state index in [1.807, 2.05) is 41.5 Å². The quantitative estimate of drug-likeness (QED) is 0.673. The van der Waals surface area contributed by atoms with E-state index in [9.17, 15) is 0 Å². The molecule has 0 N–H and O–H groups in total. The van der Waals surface area contributed by atoms with Crippen molar-refractivity contribution in [2.75, 3.05) is 4.90 Å². The van der Waals surface area contributed by atoms with Gasteiger partial charge < -0.3 is 4.90 Å². The Kier molecular flexibility index (Phi) is 6.29. The molecule has 4 heterocycles. The van der Waals surface area contributed by atoms with Crippen LogP contribution in [0.5, 0.6) is 0 Å². The normalized spacial score (nSPS) is 17.9. The largest absolute Gasteiger partial charge is 0.330 e. The van der Waals surface area contributed by atoms with E-state index in [4.69, 9.17) is 9.97 Å². The van der Waals surface area contributed by atoms with Gasteiger partial charge in [-0.1, -0.05) is 33.8 Å². The smallest absolute Gasteiger partial charge is 0.146 e. The molecular formula is C20H30N4. The van der Waals surface area contributed by atoms with Gasteiger partial charge in [0.25, 0.3) is 0 Å². The first kappa shape index (κ1) is 18.4. The molecule has 0 aliphatic carbocycles. The standard InChI is InChI=1S/C16H18N4.2C2H6/c1-10-9-14-15-13(17-10)7-6-12-5-3-4-8-20(12)16(15)19-11(2)18-14;2*1-2/h4,8-9,12H,3,5-7H2,1-2H3;2*1-2H3. The second-order valence-corrected chi connectivity index (χ2v) is 5.76. The number of allylic oxidation sites excluding steroid dienone is 1. The van der Waals surface area contributed by atoms with E-state index in [0.717, 1.165) is 53.2 Å². The van der Waals surface area contributed by atoms with Gasteiger partial charge in [-0.3, -0.25) is 4.98 Å². The van der Waals surface area contributed by atoms with Crippen LogP contribution in [0.3, 0.4) is 0 Å². The van der Waals surface area contributed by atoms with Crippen molar-refractivity contribution < 1.29 is 0 Å². The van der Waals surface area contributed by atoms with Gasteiger partial charge in [-0.2, -0.15) is 0 Å². The van der Waals surface area contributed by atoms with Crippen molar-refractivity contribution in [2.24, 2.45) is 0 Å². The summed E-state index contributed by atoms with van der Waals surface area (Å²) < 4.78 is 0. The lowest BCUT2D eigenvalue weighted by molar-refractivity contribution is 0.542. The van der Waals surface area contributed by atoms with Crippen LogP contribution in [0.4, 0.5) is 5.82 Å². The summed E-state index contributed by atoms with van der Waals surface area (Å²) in [6, 6.07) is 2.62. The highest BCUT2D eigenvalue weighted by atomic mass is 15.2. The van der Waals surface area contributed by atoms with Gasteiger partial charge in [0.1, 0.15) is 11.6 Å². The minimum atomic E-state index is 0.548. The van der Waals surface area contributed by atoms with E-state index in [0.29, 0.717) is 6.04 Å². The summed E-state index contributed by atoms with van der Waals surface area (Å²) in [5, 5.41) is 1.15. The molecule has 0 radical (unpaired) electrons. The van der Waals surface area contributed by atoms with E-state index in [1.165, 1.54) is 6.42 Å². The number of fused-ring (bicyclic) bond motifs is 2. The van der Waals surface area contributed by atoms with Crippen molar-refractivity contribution >= 4 is 16.7 Å². The average molecular weight is 326 g/mol. The Morgan fingerprint density at radius 2 is 1.75 bits per heavy atom. The fourth-order valence-electron chi connectivity index (χ4n) is 3.39. The molecule has 1 atom stereocenters. The lowest BCUT2D eigenvalue weighted by Gasteiger charge is -2.31. The van der Waals surface area contributed by atoms with Crippen LogP contribution in [-0.2, 0) is 6.42 Å². The molecule has 0 spiro atoms. The van der Waals surface area contributed by atoms with Crippen molar-refractivity contribution in [2.45, 2.75) is 73.3 Å². The molecule has 2 aliphatic heterocycles. The molecule has 4 nitrogen and oxygen atoms in total. The maximum atomic E-state index is 4.75. The Morgan fingerprint density at radius 1 is 1.00 bits per heavy atom. The minimum absolute atomic E-state index is 0.548. The Hall–Kier alpha value is -1.97. The number of hydrogen-bond donors (Lipinski definition) is 0. The maximum Gasteiger partial charge on any atom is 0.146 e. The van der Waals surface area contributed by atoms with Crippen LogP contribution in [0.2, 0.25) is 0 Å². The van der Waals surface area contributed by atoms with E-state index in [1.54, 1.807) is 0 Å². The molecule has 0 fully saturated rings. The van der Waals surface area contributed by atoms with E-state index < -0.39 is 0 Å². The van der Waals surface area contributed by atoms with Crippen LogP contribution in [0.25, 0.3) is 10.9 Å². The van der Waals surface area contributed by atoms with Gasteiger partial charge in [0.2, 0.25) is 0 Å². The molecule has 24 heavy (non-hydrogen) atoms. The average Bonchev–Trinajstić information content (AvgIpc) is 2.76. The van der Waals surface area contributed by atoms with E-state index in [-0.39, 0.29) is 0 Å². The number of anilines is 1. The van der Waals surface area contributed by atoms with Crippen molar-refractivity contribution in [3.8, 4) is 0 Å². The molecule has 0 saturated carbocycles. The van der Waals surface area contributed by atoms with Crippen LogP contribution >= 0.6 is 0 Å². The molecule has 0 bridgehead atoms. The number of pyridine rings is 1. The Bertz CT molecular complexity index is 716. The number of rotatable bonds is 0. The molecule has 2 aromatic heterocycles. The summed E-state index contributed by atoms with van der Waals surface area (Å²) in [6.45, 7) is 12.0. The van der Waals surface area contributed by atoms with Crippen molar-refractivity contribution in [1.29, 1.82) is 0 Å². The summed E-state index contributed by atoms with van der Waals surface area (Å²) in [5.41, 5.74) is 3.25. The molecule has 2 aromatic rings. The Labute approximate surface area is 146 Å². The van der Waals surface area contributed by atoms with Gasteiger partial charge >= 0.3 is 0 Å². The first-order valence-electron chi connectivity index (χ1n) is 9.32. The monoisotopic (exact) mass is 326 g/mol. The third-order valence-corrected chi connectivity index (χ3v) is 4.26. The first-order valence-corrected chi connectivity index (χ1v) is 9.32. The molecular weight excluding hydrogens is 296 g/mol. The number of nitrogens with zero attached hydrogens (tertiary/aromatic N) is 4. The highest BCUT2D eigenvalue weighted by Gasteiger charge is 2.28. The van der Waals surface area contributed by atoms with Gasteiger partial charge in [-0.25, -0.2) is 9.97 Å². The van der Waals surface area contributed by atoms with Gasteiger partial charge in [0, 0.05) is 17.9 Å². The van der Waals surface area contributed by atoms with Gasteiger partial charge in [-0.15, -0.1) is 0 Å². The Balaban J connectivity index is 0.000000487. The summed E-state index contributed by atoms with van der Waals surface area (Å²) in [5.74, 6) is 1.89. The SMILES string of the molecule is CC.CC.Cc1cc2nc(C)nc3c2c(n1)CCC1CCC=CN31. The highest BCUT2D eigenvalue weighted by Crippen LogP contribution is 2.35. The molecule has 0 aromatic carbocycles. The second-order valence-electron chi connectivity index (χ2n) is 5.76. The summed E-state index contributed by atoms with van der Waals surface area (Å²) in [4.78, 5) is 16.4. The van der Waals surface area contributed by atoms with Gasteiger partial charge in [0.05, 0.1) is 16.6 Å². The third kappa shape index (κ3) is 3.42. The van der Waals surface area contributed by atoms with Gasteiger partial charge in [0.15, 0.2) is 0 Å². The molecule has 4 rings (SSSR count). The molecule has 0 amide bonds. The lowest BCUT2D eigenvalue weighted by atomic mass is 10.0. The van der Waals surface area contributed by atoms with E-state index >= 15 is 0 Å². The maximum absolute atomic E-state index is 4.75. The topological polar surface area (TPSA) is 41.9 Å². The number of aryl methyl sites for hydroxylation is 3. The zero-order valence-corrected chi connectivity index (χ0v) is 15.9. The summed E-state index contributed by atoms with van der Waals surface area (Å²) >= 11 is 0. The predicted molar refractivity (Wildman–Crippen MR) is 102 cm³/mol. The number of aromatic nitrogens is 3. The molecule has 0 saturated heterocycles. The molecule has 1 unspecified atom stereocenters. The number of hydrogen-bond acceptors (Lipinski definition) is 4. The third-order valence-electron chi connectivity index (χ3n) is 4.26. The zero-order valence-electron chi connectivity index (χ0n) is 15.9.